The molecule has 1 atom stereocenters. The van der Waals surface area contributed by atoms with Gasteiger partial charge in [0.25, 0.3) is 11.8 Å². The van der Waals surface area contributed by atoms with Gasteiger partial charge in [0.15, 0.2) is 0 Å². The molecule has 1 aromatic heterocycles. The molecule has 2 heterocycles. The second-order valence-corrected chi connectivity index (χ2v) is 5.98. The summed E-state index contributed by atoms with van der Waals surface area (Å²) in [5, 5.41) is 5.66. The maximum absolute atomic E-state index is 12.3. The lowest BCUT2D eigenvalue weighted by molar-refractivity contribution is 0.0857. The molecule has 2 aromatic rings. The Morgan fingerprint density at radius 3 is 2.48 bits per heavy atom. The van der Waals surface area contributed by atoms with Gasteiger partial charge in [0.2, 0.25) is 0 Å². The first-order chi connectivity index (χ1) is 12.2. The molecule has 1 aliphatic rings. The van der Waals surface area contributed by atoms with E-state index in [4.69, 9.17) is 4.74 Å². The van der Waals surface area contributed by atoms with Gasteiger partial charge in [-0.05, 0) is 24.5 Å². The molecule has 1 fully saturated rings. The molecule has 0 aliphatic carbocycles. The van der Waals surface area contributed by atoms with Crippen molar-refractivity contribution in [3.63, 3.8) is 0 Å². The zero-order valence-electron chi connectivity index (χ0n) is 13.9. The molecule has 1 aliphatic heterocycles. The molecule has 0 saturated carbocycles. The third-order valence-electron chi connectivity index (χ3n) is 4.07. The summed E-state index contributed by atoms with van der Waals surface area (Å²) in [7, 11) is 0. The van der Waals surface area contributed by atoms with Gasteiger partial charge in [-0.2, -0.15) is 0 Å². The summed E-state index contributed by atoms with van der Waals surface area (Å²) in [6.45, 7) is 1.65. The topological polar surface area (TPSA) is 80.3 Å². The van der Waals surface area contributed by atoms with Crippen LogP contribution in [0.15, 0.2) is 48.8 Å². The monoisotopic (exact) mass is 339 g/mol. The Morgan fingerprint density at radius 2 is 1.80 bits per heavy atom. The molecular formula is C19H21N3O3. The molecule has 1 unspecified atom stereocenters. The smallest absolute Gasteiger partial charge is 0.253 e. The SMILES string of the molecule is O=C(NCc1ccccc1)c1cncc(C(=O)NCC2CCCO2)c1. The normalized spacial score (nSPS) is 16.4. The van der Waals surface area contributed by atoms with E-state index < -0.39 is 0 Å². The highest BCUT2D eigenvalue weighted by Crippen LogP contribution is 2.11. The molecule has 6 heteroatoms. The largest absolute Gasteiger partial charge is 0.376 e. The van der Waals surface area contributed by atoms with Gasteiger partial charge in [0.05, 0.1) is 17.2 Å². The molecular weight excluding hydrogens is 318 g/mol. The molecule has 2 N–H and O–H groups in total. The highest BCUT2D eigenvalue weighted by atomic mass is 16.5. The maximum atomic E-state index is 12.3. The van der Waals surface area contributed by atoms with Crippen LogP contribution in [0.5, 0.6) is 0 Å². The van der Waals surface area contributed by atoms with Crippen LogP contribution in [0.1, 0.15) is 39.1 Å². The van der Waals surface area contributed by atoms with Crippen molar-refractivity contribution < 1.29 is 14.3 Å². The predicted octanol–water partition coefficient (Wildman–Crippen LogP) is 1.92. The molecule has 0 radical (unpaired) electrons. The highest BCUT2D eigenvalue weighted by Gasteiger charge is 2.17. The average Bonchev–Trinajstić information content (AvgIpc) is 3.18. The van der Waals surface area contributed by atoms with Gasteiger partial charge in [-0.3, -0.25) is 14.6 Å². The summed E-state index contributed by atoms with van der Waals surface area (Å²) in [6, 6.07) is 11.2. The first-order valence-electron chi connectivity index (χ1n) is 8.39. The highest BCUT2D eigenvalue weighted by molar-refractivity contribution is 5.99. The summed E-state index contributed by atoms with van der Waals surface area (Å²) in [5.41, 5.74) is 1.74. The number of carbonyl (C=O) groups excluding carboxylic acids is 2. The fourth-order valence-corrected chi connectivity index (χ4v) is 2.68. The number of aromatic nitrogens is 1. The first-order valence-corrected chi connectivity index (χ1v) is 8.39. The van der Waals surface area contributed by atoms with E-state index in [1.54, 1.807) is 6.07 Å². The number of hydrogen-bond acceptors (Lipinski definition) is 4. The summed E-state index contributed by atoms with van der Waals surface area (Å²) < 4.78 is 5.48. The van der Waals surface area contributed by atoms with E-state index in [1.807, 2.05) is 30.3 Å². The summed E-state index contributed by atoms with van der Waals surface area (Å²) >= 11 is 0. The Kier molecular flexibility index (Phi) is 5.74. The van der Waals surface area contributed by atoms with E-state index in [0.717, 1.165) is 25.0 Å². The number of ether oxygens (including phenoxy) is 1. The van der Waals surface area contributed by atoms with Crippen LogP contribution in [-0.2, 0) is 11.3 Å². The van der Waals surface area contributed by atoms with Gasteiger partial charge in [-0.15, -0.1) is 0 Å². The number of amides is 2. The maximum Gasteiger partial charge on any atom is 0.253 e. The van der Waals surface area contributed by atoms with Crippen LogP contribution in [0.25, 0.3) is 0 Å². The zero-order chi connectivity index (χ0) is 17.5. The number of nitrogens with one attached hydrogen (secondary N) is 2. The van der Waals surface area contributed by atoms with Gasteiger partial charge >= 0.3 is 0 Å². The number of pyridine rings is 1. The van der Waals surface area contributed by atoms with Crippen molar-refractivity contribution in [2.75, 3.05) is 13.2 Å². The molecule has 130 valence electrons. The minimum Gasteiger partial charge on any atom is -0.376 e. The third kappa shape index (κ3) is 4.87. The van der Waals surface area contributed by atoms with Crippen molar-refractivity contribution >= 4 is 11.8 Å². The Bertz CT molecular complexity index is 728. The Morgan fingerprint density at radius 1 is 1.08 bits per heavy atom. The molecule has 0 spiro atoms. The van der Waals surface area contributed by atoms with Crippen molar-refractivity contribution in [2.24, 2.45) is 0 Å². The number of benzene rings is 1. The Balaban J connectivity index is 1.56. The second kappa shape index (κ2) is 8.39. The van der Waals surface area contributed by atoms with Crippen LogP contribution in [0.2, 0.25) is 0 Å². The van der Waals surface area contributed by atoms with Crippen molar-refractivity contribution in [2.45, 2.75) is 25.5 Å². The lowest BCUT2D eigenvalue weighted by atomic mass is 10.1. The van der Waals surface area contributed by atoms with Crippen molar-refractivity contribution in [3.8, 4) is 0 Å². The number of rotatable bonds is 6. The standard InChI is InChI=1S/C19H21N3O3/c23-18(21-10-14-5-2-1-3-6-14)15-9-16(12-20-11-15)19(24)22-13-17-7-4-8-25-17/h1-3,5-6,9,11-12,17H,4,7-8,10,13H2,(H,21,23)(H,22,24). The summed E-state index contributed by atoms with van der Waals surface area (Å²) in [6.07, 6.45) is 4.98. The van der Waals surface area contributed by atoms with Crippen molar-refractivity contribution in [3.05, 3.63) is 65.5 Å². The van der Waals surface area contributed by atoms with Crippen molar-refractivity contribution in [1.82, 2.24) is 15.6 Å². The number of nitrogens with zero attached hydrogens (tertiary/aromatic N) is 1. The molecule has 3 rings (SSSR count). The zero-order valence-corrected chi connectivity index (χ0v) is 13.9. The van der Waals surface area contributed by atoms with E-state index in [2.05, 4.69) is 15.6 Å². The lowest BCUT2D eigenvalue weighted by Gasteiger charge is -2.11. The fraction of sp³-hybridized carbons (Fsp3) is 0.316. The van der Waals surface area contributed by atoms with Gasteiger partial charge in [0, 0.05) is 32.1 Å². The van der Waals surface area contributed by atoms with Gasteiger partial charge in [0.1, 0.15) is 0 Å². The van der Waals surface area contributed by atoms with Crippen LogP contribution < -0.4 is 10.6 Å². The second-order valence-electron chi connectivity index (χ2n) is 5.98. The van der Waals surface area contributed by atoms with E-state index >= 15 is 0 Å². The van der Waals surface area contributed by atoms with Gasteiger partial charge in [-0.1, -0.05) is 30.3 Å². The van der Waals surface area contributed by atoms with E-state index in [9.17, 15) is 9.59 Å². The molecule has 6 nitrogen and oxygen atoms in total. The summed E-state index contributed by atoms with van der Waals surface area (Å²) in [5.74, 6) is -0.508. The van der Waals surface area contributed by atoms with E-state index in [1.165, 1.54) is 12.4 Å². The van der Waals surface area contributed by atoms with E-state index in [0.29, 0.717) is 24.2 Å². The average molecular weight is 339 g/mol. The quantitative estimate of drug-likeness (QED) is 0.843. The predicted molar refractivity (Wildman–Crippen MR) is 93.2 cm³/mol. The minimum atomic E-state index is -0.259. The van der Waals surface area contributed by atoms with Gasteiger partial charge < -0.3 is 15.4 Å². The number of carbonyl (C=O) groups is 2. The van der Waals surface area contributed by atoms with Crippen LogP contribution in [0.4, 0.5) is 0 Å². The van der Waals surface area contributed by atoms with Gasteiger partial charge in [-0.25, -0.2) is 0 Å². The fourth-order valence-electron chi connectivity index (χ4n) is 2.68. The molecule has 0 bridgehead atoms. The minimum absolute atomic E-state index is 0.0780. The Labute approximate surface area is 146 Å². The summed E-state index contributed by atoms with van der Waals surface area (Å²) in [4.78, 5) is 28.5. The molecule has 1 aromatic carbocycles. The lowest BCUT2D eigenvalue weighted by Crippen LogP contribution is -2.32. The van der Waals surface area contributed by atoms with Crippen LogP contribution in [0.3, 0.4) is 0 Å². The van der Waals surface area contributed by atoms with Crippen LogP contribution in [-0.4, -0.2) is 36.1 Å². The molecule has 1 saturated heterocycles. The van der Waals surface area contributed by atoms with E-state index in [-0.39, 0.29) is 17.9 Å². The number of hydrogen-bond donors (Lipinski definition) is 2. The molecule has 25 heavy (non-hydrogen) atoms. The first kappa shape index (κ1) is 17.1. The van der Waals surface area contributed by atoms with Crippen LogP contribution >= 0.6 is 0 Å². The van der Waals surface area contributed by atoms with Crippen LogP contribution in [0, 0.1) is 0 Å². The Hall–Kier alpha value is -2.73. The van der Waals surface area contributed by atoms with Crippen molar-refractivity contribution in [1.29, 1.82) is 0 Å². The third-order valence-corrected chi connectivity index (χ3v) is 4.07. The molecule has 2 amide bonds.